The molecule has 1 N–H and O–H groups in total. The second-order valence-corrected chi connectivity index (χ2v) is 4.07. The zero-order valence-corrected chi connectivity index (χ0v) is 12.3. The number of hydrogen-bond acceptors (Lipinski definition) is 3. The highest BCUT2D eigenvalue weighted by Crippen LogP contribution is 2.15. The van der Waals surface area contributed by atoms with E-state index in [9.17, 15) is 4.79 Å². The summed E-state index contributed by atoms with van der Waals surface area (Å²) >= 11 is 0. The van der Waals surface area contributed by atoms with Gasteiger partial charge in [-0.15, -0.1) is 0 Å². The lowest BCUT2D eigenvalue weighted by Crippen LogP contribution is -2.21. The Bertz CT molecular complexity index is 357. The zero-order valence-electron chi connectivity index (χ0n) is 12.3. The van der Waals surface area contributed by atoms with Crippen LogP contribution in [0.2, 0.25) is 0 Å². The number of aliphatic carboxylic acids is 1. The smallest absolute Gasteiger partial charge is 0.341 e. The van der Waals surface area contributed by atoms with Gasteiger partial charge in [0.05, 0.1) is 0 Å². The van der Waals surface area contributed by atoms with Crippen LogP contribution in [0.4, 0.5) is 0 Å². The molecule has 0 unspecified atom stereocenters. The Hall–Kier alpha value is -1.55. The van der Waals surface area contributed by atoms with Crippen molar-refractivity contribution in [3.63, 3.8) is 0 Å². The summed E-state index contributed by atoms with van der Waals surface area (Å²) in [5.74, 6) is -0.335. The SMILES string of the molecule is CCN(CC)CC.Cc1ccccc1OCC(=O)O. The maximum atomic E-state index is 10.2. The van der Waals surface area contributed by atoms with Crippen LogP contribution in [0.3, 0.4) is 0 Å². The van der Waals surface area contributed by atoms with Crippen molar-refractivity contribution in [2.75, 3.05) is 26.2 Å². The van der Waals surface area contributed by atoms with E-state index >= 15 is 0 Å². The predicted octanol–water partition coefficient (Wildman–Crippen LogP) is 2.81. The first-order valence-corrected chi connectivity index (χ1v) is 6.67. The first kappa shape index (κ1) is 17.4. The van der Waals surface area contributed by atoms with Gasteiger partial charge in [0.2, 0.25) is 0 Å². The third kappa shape index (κ3) is 8.21. The second kappa shape index (κ2) is 10.4. The standard InChI is InChI=1S/C9H10O3.C6H15N/c1-7-4-2-3-5-8(7)12-6-9(10)11;1-4-7(5-2)6-3/h2-5H,6H2,1H3,(H,10,11);4-6H2,1-3H3. The fourth-order valence-electron chi connectivity index (χ4n) is 1.53. The largest absolute Gasteiger partial charge is 0.482 e. The molecule has 0 aliphatic heterocycles. The number of carboxylic acid groups (broad SMARTS) is 1. The molecule has 0 heterocycles. The Kier molecular flexibility index (Phi) is 9.53. The number of benzene rings is 1. The molecule has 4 heteroatoms. The number of nitrogens with zero attached hydrogens (tertiary/aromatic N) is 1. The normalized spacial score (nSPS) is 9.74. The van der Waals surface area contributed by atoms with Crippen molar-refractivity contribution in [1.29, 1.82) is 0 Å². The molecule has 1 aromatic carbocycles. The van der Waals surface area contributed by atoms with Crippen molar-refractivity contribution in [3.05, 3.63) is 29.8 Å². The maximum absolute atomic E-state index is 10.2. The van der Waals surface area contributed by atoms with E-state index in [-0.39, 0.29) is 6.61 Å². The molecular formula is C15H25NO3. The molecule has 1 rings (SSSR count). The van der Waals surface area contributed by atoms with E-state index in [1.165, 1.54) is 19.6 Å². The van der Waals surface area contributed by atoms with Crippen LogP contribution in [0, 0.1) is 6.92 Å². The topological polar surface area (TPSA) is 49.8 Å². The van der Waals surface area contributed by atoms with Crippen LogP contribution in [0.25, 0.3) is 0 Å². The van der Waals surface area contributed by atoms with Gasteiger partial charge in [-0.1, -0.05) is 39.0 Å². The Morgan fingerprint density at radius 1 is 1.16 bits per heavy atom. The summed E-state index contributed by atoms with van der Waals surface area (Å²) in [6.07, 6.45) is 0. The molecule has 0 amide bonds. The molecule has 0 spiro atoms. The summed E-state index contributed by atoms with van der Waals surface area (Å²) in [5.41, 5.74) is 0.943. The first-order valence-electron chi connectivity index (χ1n) is 6.67. The lowest BCUT2D eigenvalue weighted by molar-refractivity contribution is -0.139. The molecule has 0 bridgehead atoms. The second-order valence-electron chi connectivity index (χ2n) is 4.07. The summed E-state index contributed by atoms with van der Waals surface area (Å²) in [5, 5.41) is 8.34. The molecule has 0 radical (unpaired) electrons. The van der Waals surface area contributed by atoms with E-state index in [1.807, 2.05) is 25.1 Å². The fraction of sp³-hybridized carbons (Fsp3) is 0.533. The van der Waals surface area contributed by atoms with Crippen LogP contribution in [0.15, 0.2) is 24.3 Å². The van der Waals surface area contributed by atoms with Gasteiger partial charge in [0.15, 0.2) is 6.61 Å². The number of aryl methyl sites for hydroxylation is 1. The monoisotopic (exact) mass is 267 g/mol. The molecule has 0 saturated carbocycles. The molecule has 4 nitrogen and oxygen atoms in total. The fourth-order valence-corrected chi connectivity index (χ4v) is 1.53. The van der Waals surface area contributed by atoms with E-state index < -0.39 is 5.97 Å². The Labute approximate surface area is 116 Å². The summed E-state index contributed by atoms with van der Waals surface area (Å²) < 4.78 is 5.00. The number of carboxylic acids is 1. The Balaban J connectivity index is 0.000000399. The number of carbonyl (C=O) groups is 1. The molecule has 0 aromatic heterocycles. The molecule has 0 atom stereocenters. The Morgan fingerprint density at radius 2 is 1.68 bits per heavy atom. The van der Waals surface area contributed by atoms with Crippen LogP contribution in [-0.2, 0) is 4.79 Å². The molecular weight excluding hydrogens is 242 g/mol. The minimum Gasteiger partial charge on any atom is -0.482 e. The summed E-state index contributed by atoms with van der Waals surface area (Å²) in [4.78, 5) is 12.5. The first-order chi connectivity index (χ1) is 9.04. The van der Waals surface area contributed by atoms with Crippen molar-refractivity contribution in [2.24, 2.45) is 0 Å². The van der Waals surface area contributed by atoms with Gasteiger partial charge in [0.25, 0.3) is 0 Å². The lowest BCUT2D eigenvalue weighted by atomic mass is 10.2. The van der Waals surface area contributed by atoms with E-state index in [2.05, 4.69) is 25.7 Å². The van der Waals surface area contributed by atoms with Gasteiger partial charge in [0.1, 0.15) is 5.75 Å². The molecule has 0 aliphatic carbocycles. The highest BCUT2D eigenvalue weighted by atomic mass is 16.5. The van der Waals surface area contributed by atoms with Gasteiger partial charge in [-0.05, 0) is 38.2 Å². The maximum Gasteiger partial charge on any atom is 0.341 e. The summed E-state index contributed by atoms with van der Waals surface area (Å²) in [7, 11) is 0. The van der Waals surface area contributed by atoms with Gasteiger partial charge in [-0.3, -0.25) is 0 Å². The van der Waals surface area contributed by atoms with E-state index in [1.54, 1.807) is 6.07 Å². The van der Waals surface area contributed by atoms with Crippen LogP contribution in [0.5, 0.6) is 5.75 Å². The van der Waals surface area contributed by atoms with Crippen LogP contribution < -0.4 is 4.74 Å². The molecule has 19 heavy (non-hydrogen) atoms. The highest BCUT2D eigenvalue weighted by molar-refractivity contribution is 5.68. The van der Waals surface area contributed by atoms with Crippen LogP contribution >= 0.6 is 0 Å². The molecule has 0 fully saturated rings. The van der Waals surface area contributed by atoms with Crippen molar-refractivity contribution < 1.29 is 14.6 Å². The van der Waals surface area contributed by atoms with E-state index in [0.717, 1.165) is 5.56 Å². The zero-order chi connectivity index (χ0) is 14.7. The molecule has 0 saturated heterocycles. The Morgan fingerprint density at radius 3 is 2.05 bits per heavy atom. The van der Waals surface area contributed by atoms with Gasteiger partial charge in [-0.25, -0.2) is 4.79 Å². The quantitative estimate of drug-likeness (QED) is 0.861. The minimum atomic E-state index is -0.960. The van der Waals surface area contributed by atoms with Crippen LogP contribution in [0.1, 0.15) is 26.3 Å². The summed E-state index contributed by atoms with van der Waals surface area (Å²) in [6, 6.07) is 7.31. The lowest BCUT2D eigenvalue weighted by Gasteiger charge is -2.13. The van der Waals surface area contributed by atoms with E-state index in [0.29, 0.717) is 5.75 Å². The minimum absolute atomic E-state index is 0.287. The van der Waals surface area contributed by atoms with Crippen molar-refractivity contribution in [2.45, 2.75) is 27.7 Å². The van der Waals surface area contributed by atoms with Gasteiger partial charge in [-0.2, -0.15) is 0 Å². The average Bonchev–Trinajstić information content (AvgIpc) is 2.40. The third-order valence-electron chi connectivity index (χ3n) is 2.79. The van der Waals surface area contributed by atoms with Gasteiger partial charge in [0, 0.05) is 0 Å². The van der Waals surface area contributed by atoms with Crippen molar-refractivity contribution in [3.8, 4) is 5.75 Å². The molecule has 108 valence electrons. The van der Waals surface area contributed by atoms with E-state index in [4.69, 9.17) is 9.84 Å². The number of ether oxygens (including phenoxy) is 1. The van der Waals surface area contributed by atoms with Crippen molar-refractivity contribution in [1.82, 2.24) is 4.90 Å². The van der Waals surface area contributed by atoms with Crippen LogP contribution in [-0.4, -0.2) is 42.2 Å². The number of para-hydroxylation sites is 1. The molecule has 1 aromatic rings. The summed E-state index contributed by atoms with van der Waals surface area (Å²) in [6.45, 7) is 11.7. The third-order valence-corrected chi connectivity index (χ3v) is 2.79. The van der Waals surface area contributed by atoms with Gasteiger partial charge < -0.3 is 14.7 Å². The van der Waals surface area contributed by atoms with Crippen molar-refractivity contribution >= 4 is 5.97 Å². The van der Waals surface area contributed by atoms with Gasteiger partial charge >= 0.3 is 5.97 Å². The average molecular weight is 267 g/mol. The number of rotatable bonds is 6. The molecule has 0 aliphatic rings. The highest BCUT2D eigenvalue weighted by Gasteiger charge is 2.00. The predicted molar refractivity (Wildman–Crippen MR) is 77.8 cm³/mol. The number of hydrogen-bond donors (Lipinski definition) is 1.